The normalized spacial score (nSPS) is 14.9. The summed E-state index contributed by atoms with van der Waals surface area (Å²) < 4.78 is 2.26. The summed E-state index contributed by atoms with van der Waals surface area (Å²) >= 11 is 0. The van der Waals surface area contributed by atoms with Gasteiger partial charge in [-0.2, -0.15) is 0 Å². The molecule has 4 heterocycles. The van der Waals surface area contributed by atoms with Crippen LogP contribution < -0.4 is 4.57 Å². The van der Waals surface area contributed by atoms with Gasteiger partial charge in [0.2, 0.25) is 0 Å². The van der Waals surface area contributed by atoms with E-state index in [1.807, 2.05) is 18.4 Å². The first-order valence-corrected chi connectivity index (χ1v) is 15.9. The van der Waals surface area contributed by atoms with Gasteiger partial charge in [-0.05, 0) is 32.0 Å². The van der Waals surface area contributed by atoms with Crippen LogP contribution in [0.5, 0.6) is 0 Å². The summed E-state index contributed by atoms with van der Waals surface area (Å²) in [6.45, 7) is 14.2. The first-order valence-electron chi connectivity index (χ1n) is 15.9. The van der Waals surface area contributed by atoms with Gasteiger partial charge in [-0.25, -0.2) is 4.57 Å². The van der Waals surface area contributed by atoms with Crippen LogP contribution in [0.3, 0.4) is 0 Å². The Morgan fingerprint density at radius 2 is 1.27 bits per heavy atom. The van der Waals surface area contributed by atoms with Crippen molar-refractivity contribution in [1.29, 1.82) is 0 Å². The van der Waals surface area contributed by atoms with Gasteiger partial charge in [0.25, 0.3) is 0 Å². The summed E-state index contributed by atoms with van der Waals surface area (Å²) in [5.74, 6) is 0. The summed E-state index contributed by atoms with van der Waals surface area (Å²) in [4.78, 5) is 11.0. The molecule has 0 saturated heterocycles. The van der Waals surface area contributed by atoms with Crippen molar-refractivity contribution < 1.29 is 9.67 Å². The highest BCUT2D eigenvalue weighted by Crippen LogP contribution is 2.05. The van der Waals surface area contributed by atoms with Gasteiger partial charge in [-0.15, -0.1) is 0 Å². The molecule has 0 atom stereocenters. The van der Waals surface area contributed by atoms with Crippen LogP contribution >= 0.6 is 0 Å². The molecule has 232 valence electrons. The first-order chi connectivity index (χ1) is 20.0. The van der Waals surface area contributed by atoms with E-state index in [9.17, 15) is 0 Å². The summed E-state index contributed by atoms with van der Waals surface area (Å²) in [7, 11) is 4.18. The summed E-state index contributed by atoms with van der Waals surface area (Å²) in [6.07, 6.45) is 31.6. The lowest BCUT2D eigenvalue weighted by Crippen LogP contribution is -2.32. The molecule has 0 spiro atoms. The zero-order valence-corrected chi connectivity index (χ0v) is 26.9. The van der Waals surface area contributed by atoms with Gasteiger partial charge in [0, 0.05) is 83.6 Å². The zero-order valence-electron chi connectivity index (χ0n) is 26.9. The Labute approximate surface area is 252 Å². The van der Waals surface area contributed by atoms with Crippen LogP contribution in [0, 0.1) is 0 Å². The van der Waals surface area contributed by atoms with Crippen molar-refractivity contribution in [3.8, 4) is 0 Å². The number of hydrogen-bond donors (Lipinski definition) is 1. The van der Waals surface area contributed by atoms with E-state index >= 15 is 0 Å². The Morgan fingerprint density at radius 3 is 1.78 bits per heavy atom. The molecule has 0 saturated carbocycles. The van der Waals surface area contributed by atoms with Crippen molar-refractivity contribution in [2.45, 2.75) is 78.7 Å². The Hall–Kier alpha value is -2.93. The molecule has 0 amide bonds. The van der Waals surface area contributed by atoms with Gasteiger partial charge in [0.15, 0.2) is 12.4 Å². The van der Waals surface area contributed by atoms with Crippen molar-refractivity contribution in [1.82, 2.24) is 24.5 Å². The number of aliphatic hydroxyl groups is 1. The van der Waals surface area contributed by atoms with E-state index in [-0.39, 0.29) is 6.61 Å². The fraction of sp³-hybridized carbons (Fsp3) is 0.618. The molecule has 0 aliphatic carbocycles. The maximum absolute atomic E-state index is 8.52. The van der Waals surface area contributed by atoms with E-state index in [1.165, 1.54) is 64.5 Å². The molecular weight excluding hydrogens is 508 g/mol. The number of allylic oxidation sites excluding steroid dienone is 2. The lowest BCUT2D eigenvalue weighted by Gasteiger charge is -2.18. The van der Waals surface area contributed by atoms with Crippen LogP contribution in [-0.4, -0.2) is 89.8 Å². The lowest BCUT2D eigenvalue weighted by molar-refractivity contribution is -0.697. The average Bonchev–Trinajstić information content (AvgIpc) is 3.63. The van der Waals surface area contributed by atoms with E-state index in [2.05, 4.69) is 125 Å². The van der Waals surface area contributed by atoms with Crippen molar-refractivity contribution in [3.63, 3.8) is 0 Å². The van der Waals surface area contributed by atoms with Crippen molar-refractivity contribution in [3.05, 3.63) is 79.8 Å². The van der Waals surface area contributed by atoms with Gasteiger partial charge >= 0.3 is 0 Å². The standard InChI is InChI=1S/C13H22N.C8H16N2.C7H11NO.C6H12N2/c1-2-3-4-5-6-8-11-14-12-9-7-10-13-14;1-3-4-5-10-7-6-9(2)8-10;9-7-6-8-4-2-1-3-5-8;1-3-8-5-4-7(2)6-8/h7,9-10,12-13H,2-6,8,11H2,1H3;6-7H,3-5,8H2,1-2H3;1-4,9H,5-7H2;4-5H,3,6H2,1-2H3/q+1;;;. The quantitative estimate of drug-likeness (QED) is 0.238. The predicted molar refractivity (Wildman–Crippen MR) is 174 cm³/mol. The lowest BCUT2D eigenvalue weighted by atomic mass is 10.1. The highest BCUT2D eigenvalue weighted by molar-refractivity contribution is 5.08. The first kappa shape index (κ1) is 36.1. The monoisotopic (exact) mass is 569 g/mol. The number of hydrogen-bond acceptors (Lipinski definition) is 6. The molecule has 7 nitrogen and oxygen atoms in total. The van der Waals surface area contributed by atoms with Crippen LogP contribution in [-0.2, 0) is 6.54 Å². The molecule has 1 aromatic rings. The molecular formula is C34H61N6O+. The third kappa shape index (κ3) is 19.7. The van der Waals surface area contributed by atoms with Gasteiger partial charge in [-0.1, -0.05) is 64.2 Å². The van der Waals surface area contributed by atoms with Gasteiger partial charge in [-0.3, -0.25) is 0 Å². The Balaban J connectivity index is 0.000000280. The van der Waals surface area contributed by atoms with E-state index < -0.39 is 0 Å². The summed E-state index contributed by atoms with van der Waals surface area (Å²) in [5, 5.41) is 8.52. The SMILES string of the molecule is CCCCCCCC[n+]1ccccc1.CCCCN1C=CN(C)C1.CCN1C=CN(C)C1.OCCN1C=CC=CC1. The minimum Gasteiger partial charge on any atom is -0.395 e. The number of pyridine rings is 1. The van der Waals surface area contributed by atoms with E-state index in [0.29, 0.717) is 0 Å². The molecule has 1 aromatic heterocycles. The fourth-order valence-corrected chi connectivity index (χ4v) is 4.35. The molecule has 1 N–H and O–H groups in total. The highest BCUT2D eigenvalue weighted by Gasteiger charge is 2.06. The molecule has 7 heteroatoms. The predicted octanol–water partition coefficient (Wildman–Crippen LogP) is 5.84. The van der Waals surface area contributed by atoms with Gasteiger partial charge in [0.1, 0.15) is 6.54 Å². The molecule has 0 radical (unpaired) electrons. The summed E-state index contributed by atoms with van der Waals surface area (Å²) in [5.41, 5.74) is 0. The van der Waals surface area contributed by atoms with Crippen LogP contribution in [0.15, 0.2) is 79.8 Å². The fourth-order valence-electron chi connectivity index (χ4n) is 4.35. The second-order valence-electron chi connectivity index (χ2n) is 10.8. The minimum absolute atomic E-state index is 0.234. The molecule has 3 aliphatic rings. The number of rotatable bonds is 13. The smallest absolute Gasteiger partial charge is 0.168 e. The second-order valence-corrected chi connectivity index (χ2v) is 10.8. The van der Waals surface area contributed by atoms with E-state index in [1.54, 1.807) is 0 Å². The van der Waals surface area contributed by atoms with E-state index in [4.69, 9.17) is 5.11 Å². The third-order valence-electron chi connectivity index (χ3n) is 6.90. The Bertz CT molecular complexity index is 841. The van der Waals surface area contributed by atoms with Gasteiger partial charge in [0.05, 0.1) is 19.9 Å². The number of aryl methyl sites for hydroxylation is 1. The zero-order chi connectivity index (χ0) is 30.0. The molecule has 4 rings (SSSR count). The Kier molecular flexibility index (Phi) is 21.9. The second kappa shape index (κ2) is 24.8. The molecule has 0 unspecified atom stereocenters. The van der Waals surface area contributed by atoms with E-state index in [0.717, 1.165) is 33.0 Å². The van der Waals surface area contributed by atoms with Crippen molar-refractivity contribution in [2.24, 2.45) is 0 Å². The topological polar surface area (TPSA) is 40.3 Å². The number of unbranched alkanes of at least 4 members (excludes halogenated alkanes) is 6. The van der Waals surface area contributed by atoms with Crippen molar-refractivity contribution in [2.75, 3.05) is 60.2 Å². The van der Waals surface area contributed by atoms with Crippen LogP contribution in [0.2, 0.25) is 0 Å². The number of nitrogens with zero attached hydrogens (tertiary/aromatic N) is 6. The highest BCUT2D eigenvalue weighted by atomic mass is 16.3. The van der Waals surface area contributed by atoms with Crippen LogP contribution in [0.4, 0.5) is 0 Å². The number of aromatic nitrogens is 1. The Morgan fingerprint density at radius 1 is 0.634 bits per heavy atom. The van der Waals surface area contributed by atoms with Crippen molar-refractivity contribution >= 4 is 0 Å². The maximum atomic E-state index is 8.52. The maximum Gasteiger partial charge on any atom is 0.168 e. The summed E-state index contributed by atoms with van der Waals surface area (Å²) in [6, 6.07) is 6.26. The number of β-amino-alcohol motifs (C(OH)–C–C–N with tert-alkyl or cyclic N) is 1. The molecule has 3 aliphatic heterocycles. The van der Waals surface area contributed by atoms with Crippen LogP contribution in [0.1, 0.15) is 72.1 Å². The molecule has 0 aromatic carbocycles. The average molecular weight is 570 g/mol. The van der Waals surface area contributed by atoms with Crippen LogP contribution in [0.25, 0.3) is 0 Å². The largest absolute Gasteiger partial charge is 0.395 e. The molecule has 0 fully saturated rings. The minimum atomic E-state index is 0.234. The molecule has 0 bridgehead atoms. The molecule has 41 heavy (non-hydrogen) atoms. The van der Waals surface area contributed by atoms with Gasteiger partial charge < -0.3 is 29.6 Å². The third-order valence-corrected chi connectivity index (χ3v) is 6.90. The number of aliphatic hydroxyl groups excluding tert-OH is 1.